The highest BCUT2D eigenvalue weighted by molar-refractivity contribution is 6.05. The third-order valence-corrected chi connectivity index (χ3v) is 5.21. The molecule has 0 unspecified atom stereocenters. The van der Waals surface area contributed by atoms with Crippen LogP contribution in [0.5, 0.6) is 0 Å². The minimum Gasteiger partial charge on any atom is -0.322 e. The van der Waals surface area contributed by atoms with Crippen LogP contribution in [0.4, 0.5) is 32.0 Å². The third kappa shape index (κ3) is 3.94. The molecule has 1 amide bonds. The number of rotatable bonds is 3. The summed E-state index contributed by atoms with van der Waals surface area (Å²) >= 11 is 0. The average Bonchev–Trinajstić information content (AvgIpc) is 3.45. The van der Waals surface area contributed by atoms with Crippen LogP contribution in [-0.4, -0.2) is 30.1 Å². The maximum atomic E-state index is 14.1. The minimum atomic E-state index is -5.02. The van der Waals surface area contributed by atoms with Crippen LogP contribution < -0.4 is 5.32 Å². The van der Waals surface area contributed by atoms with Gasteiger partial charge >= 0.3 is 12.4 Å². The van der Waals surface area contributed by atoms with E-state index >= 15 is 0 Å². The van der Waals surface area contributed by atoms with Gasteiger partial charge in [0.15, 0.2) is 5.69 Å². The summed E-state index contributed by atoms with van der Waals surface area (Å²) in [5, 5.41) is 6.82. The van der Waals surface area contributed by atoms with Crippen molar-refractivity contribution < 1.29 is 31.1 Å². The molecule has 35 heavy (non-hydrogen) atoms. The van der Waals surface area contributed by atoms with Crippen molar-refractivity contribution in [3.8, 4) is 5.69 Å². The Morgan fingerprint density at radius 3 is 2.43 bits per heavy atom. The molecule has 1 aromatic carbocycles. The largest absolute Gasteiger partial charge is 0.434 e. The second kappa shape index (κ2) is 7.82. The second-order valence-corrected chi connectivity index (χ2v) is 7.41. The molecule has 178 valence electrons. The maximum Gasteiger partial charge on any atom is 0.434 e. The van der Waals surface area contributed by atoms with Gasteiger partial charge in [-0.15, -0.1) is 0 Å². The first-order valence-corrected chi connectivity index (χ1v) is 9.88. The maximum absolute atomic E-state index is 14.1. The average molecular weight is 490 g/mol. The Balaban J connectivity index is 1.61. The van der Waals surface area contributed by atoms with E-state index in [9.17, 15) is 31.1 Å². The predicted octanol–water partition coefficient (Wildman–Crippen LogP) is 5.36. The van der Waals surface area contributed by atoms with Gasteiger partial charge in [0.2, 0.25) is 0 Å². The molecule has 0 aliphatic carbocycles. The third-order valence-electron chi connectivity index (χ3n) is 5.21. The molecule has 0 radical (unpaired) electrons. The van der Waals surface area contributed by atoms with Crippen molar-refractivity contribution in [2.45, 2.75) is 12.4 Å². The lowest BCUT2D eigenvalue weighted by Gasteiger charge is -2.15. The number of fused-ring (bicyclic) bond motifs is 3. The van der Waals surface area contributed by atoms with E-state index in [1.807, 2.05) is 0 Å². The zero-order valence-corrected chi connectivity index (χ0v) is 17.3. The number of carbonyl (C=O) groups excluding carboxylic acids is 1. The van der Waals surface area contributed by atoms with Gasteiger partial charge in [0, 0.05) is 41.2 Å². The fraction of sp³-hybridized carbons (Fsp3) is 0.0909. The van der Waals surface area contributed by atoms with E-state index in [-0.39, 0.29) is 11.4 Å². The number of pyridine rings is 2. The molecule has 4 aromatic heterocycles. The number of nitrogens with one attached hydrogen (secondary N) is 1. The van der Waals surface area contributed by atoms with Crippen LogP contribution in [-0.2, 0) is 12.4 Å². The Bertz CT molecular complexity index is 1580. The predicted molar refractivity (Wildman–Crippen MR) is 112 cm³/mol. The zero-order valence-electron chi connectivity index (χ0n) is 17.3. The fourth-order valence-electron chi connectivity index (χ4n) is 3.74. The van der Waals surface area contributed by atoms with E-state index in [0.717, 1.165) is 18.5 Å². The topological polar surface area (TPSA) is 77.1 Å². The summed E-state index contributed by atoms with van der Waals surface area (Å²) in [5.74, 6) is -1.28. The van der Waals surface area contributed by atoms with Gasteiger partial charge in [0.25, 0.3) is 5.91 Å². The molecule has 13 heteroatoms. The van der Waals surface area contributed by atoms with Crippen molar-refractivity contribution in [3.63, 3.8) is 0 Å². The number of benzene rings is 1. The first-order chi connectivity index (χ1) is 16.5. The van der Waals surface area contributed by atoms with Crippen LogP contribution in [0.15, 0.2) is 67.4 Å². The number of imidazole rings is 1. The molecule has 5 rings (SSSR count). The summed E-state index contributed by atoms with van der Waals surface area (Å²) in [6, 6.07) is 7.78. The number of anilines is 1. The Morgan fingerprint density at radius 1 is 0.886 bits per heavy atom. The molecule has 0 saturated heterocycles. The van der Waals surface area contributed by atoms with E-state index in [1.165, 1.54) is 12.1 Å². The molecule has 0 saturated carbocycles. The molecule has 1 N–H and O–H groups in total. The number of nitrogens with zero attached hydrogens (tertiary/aromatic N) is 5. The Morgan fingerprint density at radius 2 is 1.69 bits per heavy atom. The normalized spacial score (nSPS) is 12.4. The lowest BCUT2D eigenvalue weighted by atomic mass is 10.1. The van der Waals surface area contributed by atoms with Crippen LogP contribution in [0.2, 0.25) is 0 Å². The molecule has 5 aromatic rings. The van der Waals surface area contributed by atoms with Gasteiger partial charge in [-0.25, -0.2) is 9.67 Å². The highest BCUT2D eigenvalue weighted by Gasteiger charge is 2.41. The number of alkyl halides is 6. The van der Waals surface area contributed by atoms with Gasteiger partial charge in [-0.3, -0.25) is 9.78 Å². The van der Waals surface area contributed by atoms with E-state index in [2.05, 4.69) is 20.4 Å². The first kappa shape index (κ1) is 22.4. The van der Waals surface area contributed by atoms with Crippen LogP contribution in [0.3, 0.4) is 0 Å². The number of aromatic nitrogens is 5. The molecule has 0 atom stereocenters. The van der Waals surface area contributed by atoms with E-state index in [1.54, 1.807) is 35.1 Å². The highest BCUT2D eigenvalue weighted by atomic mass is 19.4. The Kier molecular flexibility index (Phi) is 5.00. The summed E-state index contributed by atoms with van der Waals surface area (Å²) in [5.41, 5.74) is -3.35. The van der Waals surface area contributed by atoms with Gasteiger partial charge in [0.05, 0.1) is 17.4 Å². The molecule has 0 spiro atoms. The molecular formula is C22H12F6N6O. The molecular weight excluding hydrogens is 478 g/mol. The quantitative estimate of drug-likeness (QED) is 0.346. The van der Waals surface area contributed by atoms with Gasteiger partial charge in [-0.05, 0) is 24.3 Å². The van der Waals surface area contributed by atoms with E-state index in [4.69, 9.17) is 0 Å². The van der Waals surface area contributed by atoms with Crippen molar-refractivity contribution in [3.05, 3.63) is 84.3 Å². The Hall–Kier alpha value is -4.42. The summed E-state index contributed by atoms with van der Waals surface area (Å²) in [6.07, 6.45) is -3.45. The molecule has 4 heterocycles. The van der Waals surface area contributed by atoms with Crippen molar-refractivity contribution in [2.75, 3.05) is 5.32 Å². The van der Waals surface area contributed by atoms with Crippen LogP contribution in [0, 0.1) is 0 Å². The van der Waals surface area contributed by atoms with Crippen molar-refractivity contribution in [1.29, 1.82) is 0 Å². The van der Waals surface area contributed by atoms with Gasteiger partial charge in [0.1, 0.15) is 11.3 Å². The fourth-order valence-corrected chi connectivity index (χ4v) is 3.74. The molecule has 0 bridgehead atoms. The van der Waals surface area contributed by atoms with Crippen molar-refractivity contribution >= 4 is 28.0 Å². The summed E-state index contributed by atoms with van der Waals surface area (Å²) in [4.78, 5) is 20.1. The SMILES string of the molecule is O=C(Nc1ccnc(C(F)(F)F)c1)c1cnn(-c2cccc3c2ccn2ccnc32)c1C(F)(F)F. The standard InChI is InChI=1S/C22H12F6N6O/c23-21(24,25)17-10-12(4-6-29-17)32-20(35)15-11-31-34(18(15)22(26,27)28)16-3-1-2-14-13(16)5-8-33-9-7-30-19(14)33/h1-11H,(H,29,32,35). The number of hydrogen-bond acceptors (Lipinski definition) is 4. The number of hydrogen-bond donors (Lipinski definition) is 1. The zero-order chi connectivity index (χ0) is 25.0. The highest BCUT2D eigenvalue weighted by Crippen LogP contribution is 2.36. The van der Waals surface area contributed by atoms with E-state index < -0.39 is 35.2 Å². The summed E-state index contributed by atoms with van der Waals surface area (Å²) < 4.78 is 83.4. The van der Waals surface area contributed by atoms with E-state index in [0.29, 0.717) is 27.2 Å². The molecule has 0 aliphatic rings. The number of amides is 1. The van der Waals surface area contributed by atoms with Crippen molar-refractivity contribution in [2.24, 2.45) is 0 Å². The summed E-state index contributed by atoms with van der Waals surface area (Å²) in [6.45, 7) is 0. The van der Waals surface area contributed by atoms with Crippen LogP contribution >= 0.6 is 0 Å². The lowest BCUT2D eigenvalue weighted by Crippen LogP contribution is -2.21. The molecule has 0 aliphatic heterocycles. The minimum absolute atomic E-state index is 0.0441. The smallest absolute Gasteiger partial charge is 0.322 e. The molecule has 7 nitrogen and oxygen atoms in total. The van der Waals surface area contributed by atoms with Crippen LogP contribution in [0.25, 0.3) is 22.1 Å². The first-order valence-electron chi connectivity index (χ1n) is 9.88. The van der Waals surface area contributed by atoms with Crippen LogP contribution in [0.1, 0.15) is 21.7 Å². The van der Waals surface area contributed by atoms with Gasteiger partial charge in [-0.2, -0.15) is 31.4 Å². The van der Waals surface area contributed by atoms with Gasteiger partial charge < -0.3 is 9.72 Å². The Labute approximate surface area is 191 Å². The summed E-state index contributed by atoms with van der Waals surface area (Å²) in [7, 11) is 0. The lowest BCUT2D eigenvalue weighted by molar-refractivity contribution is -0.143. The van der Waals surface area contributed by atoms with Gasteiger partial charge in [-0.1, -0.05) is 12.1 Å². The number of carbonyl (C=O) groups is 1. The number of halogens is 6. The molecule has 0 fully saturated rings. The van der Waals surface area contributed by atoms with Crippen molar-refractivity contribution in [1.82, 2.24) is 24.1 Å². The monoisotopic (exact) mass is 490 g/mol. The second-order valence-electron chi connectivity index (χ2n) is 7.41.